The summed E-state index contributed by atoms with van der Waals surface area (Å²) in [6.45, 7) is 3.22. The molecular formula is C22H18ClNO5S2. The van der Waals surface area contributed by atoms with Gasteiger partial charge in [-0.1, -0.05) is 29.8 Å². The number of hydrogen-bond acceptors (Lipinski definition) is 6. The summed E-state index contributed by atoms with van der Waals surface area (Å²) in [5.74, 6) is -1.12. The van der Waals surface area contributed by atoms with Gasteiger partial charge in [0.25, 0.3) is 10.0 Å². The number of carbonyl (C=O) groups excluding carboxylic acids is 2. The number of ketones is 1. The lowest BCUT2D eigenvalue weighted by Gasteiger charge is -2.23. The summed E-state index contributed by atoms with van der Waals surface area (Å²) in [5.41, 5.74) is 0.425. The highest BCUT2D eigenvalue weighted by Crippen LogP contribution is 2.26. The van der Waals surface area contributed by atoms with Crippen molar-refractivity contribution in [1.82, 2.24) is 0 Å². The summed E-state index contributed by atoms with van der Waals surface area (Å²) in [7, 11) is -4.01. The minimum absolute atomic E-state index is 0.0218. The third kappa shape index (κ3) is 5.41. The number of ether oxygens (including phenoxy) is 1. The number of benzene rings is 2. The van der Waals surface area contributed by atoms with Gasteiger partial charge in [0.1, 0.15) is 0 Å². The lowest BCUT2D eigenvalue weighted by atomic mass is 10.2. The van der Waals surface area contributed by atoms with Gasteiger partial charge in [0.15, 0.2) is 6.61 Å². The molecule has 6 nitrogen and oxygen atoms in total. The van der Waals surface area contributed by atoms with Crippen LogP contribution in [0.15, 0.2) is 83.6 Å². The van der Waals surface area contributed by atoms with Crippen LogP contribution in [-0.4, -0.2) is 33.3 Å². The molecule has 0 saturated heterocycles. The first-order chi connectivity index (χ1) is 14.8. The number of carbonyl (C=O) groups is 2. The van der Waals surface area contributed by atoms with Gasteiger partial charge in [-0.15, -0.1) is 17.9 Å². The van der Waals surface area contributed by atoms with Crippen LogP contribution in [0.1, 0.15) is 20.0 Å². The molecule has 31 heavy (non-hydrogen) atoms. The van der Waals surface area contributed by atoms with E-state index in [1.165, 1.54) is 41.7 Å². The molecule has 0 aliphatic carbocycles. The molecule has 0 aliphatic heterocycles. The van der Waals surface area contributed by atoms with Crippen LogP contribution in [0.25, 0.3) is 0 Å². The summed E-state index contributed by atoms with van der Waals surface area (Å²) < 4.78 is 32.7. The van der Waals surface area contributed by atoms with E-state index in [0.29, 0.717) is 15.6 Å². The molecule has 3 rings (SSSR count). The number of sulfonamides is 1. The molecule has 0 fully saturated rings. The highest BCUT2D eigenvalue weighted by Gasteiger charge is 2.25. The van der Waals surface area contributed by atoms with Crippen molar-refractivity contribution in [3.8, 4) is 0 Å². The van der Waals surface area contributed by atoms with E-state index in [2.05, 4.69) is 6.58 Å². The third-order valence-electron chi connectivity index (χ3n) is 4.20. The molecule has 0 unspecified atom stereocenters. The SMILES string of the molecule is C=CCN(c1ccc(Cl)cc1)S(=O)(=O)c1cccc(C(=O)OCC(=O)c2cccs2)c1. The minimum Gasteiger partial charge on any atom is -0.454 e. The first-order valence-electron chi connectivity index (χ1n) is 9.06. The highest BCUT2D eigenvalue weighted by molar-refractivity contribution is 7.92. The molecule has 0 radical (unpaired) electrons. The lowest BCUT2D eigenvalue weighted by molar-refractivity contribution is 0.0475. The normalized spacial score (nSPS) is 11.0. The van der Waals surface area contributed by atoms with Gasteiger partial charge < -0.3 is 4.74 Å². The second-order valence-corrected chi connectivity index (χ2v) is 9.55. The second-order valence-electron chi connectivity index (χ2n) is 6.31. The number of hydrogen-bond donors (Lipinski definition) is 0. The van der Waals surface area contributed by atoms with Crippen LogP contribution in [0.5, 0.6) is 0 Å². The molecule has 0 spiro atoms. The van der Waals surface area contributed by atoms with E-state index in [1.807, 2.05) is 0 Å². The largest absolute Gasteiger partial charge is 0.454 e. The van der Waals surface area contributed by atoms with Crippen LogP contribution in [0.2, 0.25) is 5.02 Å². The van der Waals surface area contributed by atoms with E-state index in [1.54, 1.807) is 41.8 Å². The molecule has 0 bridgehead atoms. The Hall–Kier alpha value is -2.94. The number of rotatable bonds is 9. The van der Waals surface area contributed by atoms with Crippen LogP contribution in [0, 0.1) is 0 Å². The van der Waals surface area contributed by atoms with E-state index in [4.69, 9.17) is 16.3 Å². The van der Waals surface area contributed by atoms with Crippen molar-refractivity contribution in [1.29, 1.82) is 0 Å². The van der Waals surface area contributed by atoms with Gasteiger partial charge in [0, 0.05) is 5.02 Å². The molecule has 3 aromatic rings. The van der Waals surface area contributed by atoms with Gasteiger partial charge in [0.05, 0.1) is 27.6 Å². The number of anilines is 1. The van der Waals surface area contributed by atoms with Crippen LogP contribution < -0.4 is 4.31 Å². The molecule has 2 aromatic carbocycles. The van der Waals surface area contributed by atoms with Crippen molar-refractivity contribution in [3.05, 3.63) is 94.2 Å². The molecule has 160 valence electrons. The highest BCUT2D eigenvalue weighted by atomic mass is 35.5. The summed E-state index contributed by atoms with van der Waals surface area (Å²) in [6.07, 6.45) is 1.46. The third-order valence-corrected chi connectivity index (χ3v) is 7.15. The zero-order chi connectivity index (χ0) is 22.4. The molecular weight excluding hydrogens is 458 g/mol. The molecule has 0 amide bonds. The Kier molecular flexibility index (Phi) is 7.27. The van der Waals surface area contributed by atoms with Gasteiger partial charge in [-0.3, -0.25) is 9.10 Å². The Bertz CT molecular complexity index is 1190. The number of halogens is 1. The quantitative estimate of drug-likeness (QED) is 0.252. The van der Waals surface area contributed by atoms with Crippen LogP contribution >= 0.6 is 22.9 Å². The van der Waals surface area contributed by atoms with Crippen LogP contribution in [0.3, 0.4) is 0 Å². The van der Waals surface area contributed by atoms with E-state index < -0.39 is 22.6 Å². The fraction of sp³-hybridized carbons (Fsp3) is 0.0909. The van der Waals surface area contributed by atoms with Crippen molar-refractivity contribution < 1.29 is 22.7 Å². The van der Waals surface area contributed by atoms with Crippen molar-refractivity contribution in [2.24, 2.45) is 0 Å². The van der Waals surface area contributed by atoms with Crippen LogP contribution in [-0.2, 0) is 14.8 Å². The Morgan fingerprint density at radius 1 is 1.10 bits per heavy atom. The minimum atomic E-state index is -4.01. The summed E-state index contributed by atoms with van der Waals surface area (Å²) in [4.78, 5) is 24.8. The predicted molar refractivity (Wildman–Crippen MR) is 122 cm³/mol. The maximum atomic E-state index is 13.2. The number of thiophene rings is 1. The van der Waals surface area contributed by atoms with E-state index in [-0.39, 0.29) is 22.8 Å². The van der Waals surface area contributed by atoms with Gasteiger partial charge in [-0.25, -0.2) is 13.2 Å². The average molecular weight is 476 g/mol. The standard InChI is InChI=1S/C22H18ClNO5S2/c1-2-12-24(18-10-8-17(23)9-11-18)31(27,28)19-6-3-5-16(14-19)22(26)29-15-20(25)21-7-4-13-30-21/h2-11,13-14H,1,12,15H2. The van der Waals surface area contributed by atoms with Gasteiger partial charge in [-0.05, 0) is 53.9 Å². The Morgan fingerprint density at radius 3 is 2.48 bits per heavy atom. The van der Waals surface area contributed by atoms with Crippen molar-refractivity contribution >= 4 is 50.4 Å². The van der Waals surface area contributed by atoms with Crippen molar-refractivity contribution in [2.75, 3.05) is 17.5 Å². The summed E-state index contributed by atoms with van der Waals surface area (Å²) >= 11 is 7.15. The van der Waals surface area contributed by atoms with Gasteiger partial charge in [-0.2, -0.15) is 0 Å². The fourth-order valence-corrected chi connectivity index (χ4v) is 4.96. The number of esters is 1. The Balaban J connectivity index is 1.82. The maximum Gasteiger partial charge on any atom is 0.338 e. The molecule has 0 saturated carbocycles. The number of nitrogens with zero attached hydrogens (tertiary/aromatic N) is 1. The Labute approximate surface area is 189 Å². The first-order valence-corrected chi connectivity index (χ1v) is 11.8. The molecule has 1 heterocycles. The van der Waals surface area contributed by atoms with Crippen molar-refractivity contribution in [3.63, 3.8) is 0 Å². The molecule has 0 aliphatic rings. The fourth-order valence-electron chi connectivity index (χ4n) is 2.70. The first kappa shape index (κ1) is 22.7. The smallest absolute Gasteiger partial charge is 0.338 e. The molecule has 0 atom stereocenters. The molecule has 9 heteroatoms. The van der Waals surface area contributed by atoms with E-state index >= 15 is 0 Å². The van der Waals surface area contributed by atoms with Gasteiger partial charge >= 0.3 is 5.97 Å². The second kappa shape index (κ2) is 9.91. The zero-order valence-electron chi connectivity index (χ0n) is 16.2. The van der Waals surface area contributed by atoms with Crippen LogP contribution in [0.4, 0.5) is 5.69 Å². The number of Topliss-reactive ketones (excluding diaryl/α,β-unsaturated/α-hetero) is 1. The molecule has 1 aromatic heterocycles. The zero-order valence-corrected chi connectivity index (χ0v) is 18.6. The predicted octanol–water partition coefficient (Wildman–Crippen LogP) is 4.82. The average Bonchev–Trinajstić information content (AvgIpc) is 3.31. The summed E-state index contributed by atoms with van der Waals surface area (Å²) in [6, 6.07) is 15.2. The van der Waals surface area contributed by atoms with E-state index in [9.17, 15) is 18.0 Å². The molecule has 0 N–H and O–H groups in total. The van der Waals surface area contributed by atoms with Gasteiger partial charge in [0.2, 0.25) is 5.78 Å². The lowest BCUT2D eigenvalue weighted by Crippen LogP contribution is -2.31. The topological polar surface area (TPSA) is 80.8 Å². The monoisotopic (exact) mass is 475 g/mol. The maximum absolute atomic E-state index is 13.2. The summed E-state index contributed by atoms with van der Waals surface area (Å²) in [5, 5.41) is 2.22. The van der Waals surface area contributed by atoms with E-state index in [0.717, 1.165) is 4.31 Å². The van der Waals surface area contributed by atoms with Crippen molar-refractivity contribution in [2.45, 2.75) is 4.90 Å². The Morgan fingerprint density at radius 2 is 1.84 bits per heavy atom.